The minimum absolute atomic E-state index is 0.245. The van der Waals surface area contributed by atoms with Crippen LogP contribution in [0, 0.1) is 0 Å². The van der Waals surface area contributed by atoms with E-state index in [-0.39, 0.29) is 12.5 Å². The summed E-state index contributed by atoms with van der Waals surface area (Å²) in [5, 5.41) is 0.940. The van der Waals surface area contributed by atoms with Gasteiger partial charge < -0.3 is 11.5 Å². The molecule has 0 aliphatic heterocycles. The number of aromatic nitrogens is 1. The highest BCUT2D eigenvalue weighted by molar-refractivity contribution is 5.92. The maximum atomic E-state index is 11.0. The fourth-order valence-corrected chi connectivity index (χ4v) is 2.12. The molecule has 0 saturated heterocycles. The van der Waals surface area contributed by atoms with E-state index in [9.17, 15) is 4.79 Å². The second-order valence-electron chi connectivity index (χ2n) is 4.48. The molecule has 5 nitrogen and oxygen atoms in total. The number of primary amides is 1. The van der Waals surface area contributed by atoms with Gasteiger partial charge >= 0.3 is 0 Å². The van der Waals surface area contributed by atoms with Crippen LogP contribution in [0.25, 0.3) is 10.9 Å². The first-order valence-corrected chi connectivity index (χ1v) is 6.24. The molecule has 0 saturated carbocycles. The Balaban J connectivity index is 2.35. The van der Waals surface area contributed by atoms with Crippen LogP contribution in [0.15, 0.2) is 30.5 Å². The van der Waals surface area contributed by atoms with Crippen LogP contribution in [0.4, 0.5) is 5.69 Å². The smallest absolute Gasteiger partial charge is 0.231 e. The van der Waals surface area contributed by atoms with E-state index in [2.05, 4.69) is 4.98 Å². The van der Waals surface area contributed by atoms with Gasteiger partial charge in [0.05, 0.1) is 12.1 Å². The van der Waals surface area contributed by atoms with Crippen molar-refractivity contribution in [2.24, 2.45) is 5.73 Å². The minimum atomic E-state index is -0.324. The molecule has 0 spiro atoms. The number of likely N-dealkylation sites (N-methyl/N-ethyl adjacent to an activating group) is 1. The van der Waals surface area contributed by atoms with Crippen molar-refractivity contribution in [3.05, 3.63) is 36.0 Å². The Morgan fingerprint density at radius 2 is 2.16 bits per heavy atom. The SMILES string of the molecule is CCN(CC(N)=O)Cc1ccc(N)c2cccnc12. The molecular formula is C14H18N4O. The van der Waals surface area contributed by atoms with E-state index in [1.807, 2.05) is 36.1 Å². The molecule has 1 amide bonds. The number of anilines is 1. The van der Waals surface area contributed by atoms with Crippen molar-refractivity contribution in [1.29, 1.82) is 0 Å². The fraction of sp³-hybridized carbons (Fsp3) is 0.286. The highest BCUT2D eigenvalue weighted by Crippen LogP contribution is 2.23. The van der Waals surface area contributed by atoms with Gasteiger partial charge in [0, 0.05) is 23.8 Å². The first kappa shape index (κ1) is 13.3. The molecular weight excluding hydrogens is 240 g/mol. The Bertz CT molecular complexity index is 597. The van der Waals surface area contributed by atoms with Crippen LogP contribution >= 0.6 is 0 Å². The highest BCUT2D eigenvalue weighted by Gasteiger charge is 2.11. The molecule has 5 heteroatoms. The van der Waals surface area contributed by atoms with Crippen LogP contribution in [-0.4, -0.2) is 28.9 Å². The lowest BCUT2D eigenvalue weighted by atomic mass is 10.1. The maximum Gasteiger partial charge on any atom is 0.231 e. The van der Waals surface area contributed by atoms with Gasteiger partial charge in [0.15, 0.2) is 0 Å². The first-order valence-electron chi connectivity index (χ1n) is 6.24. The predicted octanol–water partition coefficient (Wildman–Crippen LogP) is 1.12. The molecule has 0 unspecified atom stereocenters. The highest BCUT2D eigenvalue weighted by atomic mass is 16.1. The molecule has 100 valence electrons. The van der Waals surface area contributed by atoms with Crippen LogP contribution in [0.2, 0.25) is 0 Å². The molecule has 1 heterocycles. The van der Waals surface area contributed by atoms with Crippen molar-refractivity contribution in [3.8, 4) is 0 Å². The van der Waals surface area contributed by atoms with Gasteiger partial charge in [-0.05, 0) is 30.3 Å². The lowest BCUT2D eigenvalue weighted by Crippen LogP contribution is -2.33. The zero-order chi connectivity index (χ0) is 13.8. The van der Waals surface area contributed by atoms with E-state index in [0.717, 1.165) is 23.0 Å². The molecule has 2 aromatic rings. The summed E-state index contributed by atoms with van der Waals surface area (Å²) in [6.45, 7) is 3.62. The summed E-state index contributed by atoms with van der Waals surface area (Å²) < 4.78 is 0. The molecule has 0 atom stereocenters. The second kappa shape index (κ2) is 5.67. The number of hydrogen-bond donors (Lipinski definition) is 2. The summed E-state index contributed by atoms with van der Waals surface area (Å²) >= 11 is 0. The van der Waals surface area contributed by atoms with Gasteiger partial charge in [-0.25, -0.2) is 0 Å². The normalized spacial score (nSPS) is 11.1. The van der Waals surface area contributed by atoms with Gasteiger partial charge in [-0.2, -0.15) is 0 Å². The number of nitrogen functional groups attached to an aromatic ring is 1. The number of carbonyl (C=O) groups is 1. The van der Waals surface area contributed by atoms with Crippen molar-refractivity contribution in [2.75, 3.05) is 18.8 Å². The van der Waals surface area contributed by atoms with Crippen LogP contribution in [-0.2, 0) is 11.3 Å². The van der Waals surface area contributed by atoms with Gasteiger partial charge in [0.1, 0.15) is 0 Å². The molecule has 0 aliphatic carbocycles. The quantitative estimate of drug-likeness (QED) is 0.787. The number of nitrogens with two attached hydrogens (primary N) is 2. The van der Waals surface area contributed by atoms with Gasteiger partial charge in [-0.3, -0.25) is 14.7 Å². The van der Waals surface area contributed by atoms with E-state index in [1.54, 1.807) is 6.20 Å². The van der Waals surface area contributed by atoms with Crippen LogP contribution in [0.3, 0.4) is 0 Å². The molecule has 2 rings (SSSR count). The Labute approximate surface area is 112 Å². The average molecular weight is 258 g/mol. The second-order valence-corrected chi connectivity index (χ2v) is 4.48. The van der Waals surface area contributed by atoms with Gasteiger partial charge in [-0.15, -0.1) is 0 Å². The molecule has 1 aromatic heterocycles. The summed E-state index contributed by atoms with van der Waals surface area (Å²) in [6.07, 6.45) is 1.75. The summed E-state index contributed by atoms with van der Waals surface area (Å²) in [5.74, 6) is -0.324. The van der Waals surface area contributed by atoms with E-state index in [4.69, 9.17) is 11.5 Å². The van der Waals surface area contributed by atoms with E-state index in [1.165, 1.54) is 0 Å². The van der Waals surface area contributed by atoms with E-state index < -0.39 is 0 Å². The summed E-state index contributed by atoms with van der Waals surface area (Å²) in [7, 11) is 0. The third-order valence-electron chi connectivity index (χ3n) is 3.11. The number of rotatable bonds is 5. The van der Waals surface area contributed by atoms with Crippen molar-refractivity contribution in [3.63, 3.8) is 0 Å². The number of nitrogens with zero attached hydrogens (tertiary/aromatic N) is 2. The molecule has 19 heavy (non-hydrogen) atoms. The predicted molar refractivity (Wildman–Crippen MR) is 76.3 cm³/mol. The molecule has 4 N–H and O–H groups in total. The van der Waals surface area contributed by atoms with Gasteiger partial charge in [-0.1, -0.05) is 13.0 Å². The third-order valence-corrected chi connectivity index (χ3v) is 3.11. The van der Waals surface area contributed by atoms with Crippen LogP contribution in [0.1, 0.15) is 12.5 Å². The van der Waals surface area contributed by atoms with Crippen molar-refractivity contribution in [2.45, 2.75) is 13.5 Å². The van der Waals surface area contributed by atoms with E-state index in [0.29, 0.717) is 12.2 Å². The summed E-state index contributed by atoms with van der Waals surface area (Å²) in [4.78, 5) is 17.4. The Morgan fingerprint density at radius 1 is 1.37 bits per heavy atom. The summed E-state index contributed by atoms with van der Waals surface area (Å²) in [6, 6.07) is 7.64. The number of carbonyl (C=O) groups excluding carboxylic acids is 1. The number of pyridine rings is 1. The number of hydrogen-bond acceptors (Lipinski definition) is 4. The van der Waals surface area contributed by atoms with Gasteiger partial charge in [0.2, 0.25) is 5.91 Å². The van der Waals surface area contributed by atoms with Crippen molar-refractivity contribution < 1.29 is 4.79 Å². The molecule has 0 radical (unpaired) electrons. The van der Waals surface area contributed by atoms with Gasteiger partial charge in [0.25, 0.3) is 0 Å². The first-order chi connectivity index (χ1) is 9.11. The average Bonchev–Trinajstić information content (AvgIpc) is 2.41. The minimum Gasteiger partial charge on any atom is -0.398 e. The zero-order valence-electron chi connectivity index (χ0n) is 11.0. The van der Waals surface area contributed by atoms with Crippen LogP contribution < -0.4 is 11.5 Å². The Kier molecular flexibility index (Phi) is 3.97. The lowest BCUT2D eigenvalue weighted by Gasteiger charge is -2.19. The summed E-state index contributed by atoms with van der Waals surface area (Å²) in [5.41, 5.74) is 13.8. The molecule has 0 fully saturated rings. The molecule has 0 aliphatic rings. The standard InChI is InChI=1S/C14H18N4O/c1-2-18(9-13(16)19)8-10-5-6-12(15)11-4-3-7-17-14(10)11/h3-7H,2,8-9,15H2,1H3,(H2,16,19). The monoisotopic (exact) mass is 258 g/mol. The largest absolute Gasteiger partial charge is 0.398 e. The van der Waals surface area contributed by atoms with E-state index >= 15 is 0 Å². The lowest BCUT2D eigenvalue weighted by molar-refractivity contribution is -0.119. The van der Waals surface area contributed by atoms with Crippen molar-refractivity contribution >= 4 is 22.5 Å². The number of benzene rings is 1. The number of fused-ring (bicyclic) bond motifs is 1. The Hall–Kier alpha value is -2.14. The fourth-order valence-electron chi connectivity index (χ4n) is 2.12. The third kappa shape index (κ3) is 3.00. The Morgan fingerprint density at radius 3 is 2.84 bits per heavy atom. The maximum absolute atomic E-state index is 11.0. The van der Waals surface area contributed by atoms with Crippen LogP contribution in [0.5, 0.6) is 0 Å². The van der Waals surface area contributed by atoms with Crippen molar-refractivity contribution in [1.82, 2.24) is 9.88 Å². The molecule has 0 bridgehead atoms. The number of amides is 1. The molecule has 1 aromatic carbocycles. The topological polar surface area (TPSA) is 85.2 Å². The zero-order valence-corrected chi connectivity index (χ0v) is 11.0.